The fraction of sp³-hybridized carbons (Fsp3) is 0.0833. The second-order valence-electron chi connectivity index (χ2n) is 4.09. The van der Waals surface area contributed by atoms with Gasteiger partial charge in [0.2, 0.25) is 5.28 Å². The van der Waals surface area contributed by atoms with Crippen molar-refractivity contribution in [2.24, 2.45) is 5.18 Å². The van der Waals surface area contributed by atoms with Gasteiger partial charge in [-0.15, -0.1) is 4.91 Å². The molecule has 0 saturated heterocycles. The van der Waals surface area contributed by atoms with Crippen molar-refractivity contribution < 1.29 is 0 Å². The molecule has 0 N–H and O–H groups in total. The molecule has 0 radical (unpaired) electrons. The van der Waals surface area contributed by atoms with E-state index in [4.69, 9.17) is 23.2 Å². The van der Waals surface area contributed by atoms with Crippen molar-refractivity contribution in [1.29, 1.82) is 0 Å². The number of nitroso groups, excluding NO2 is 1. The van der Waals surface area contributed by atoms with Gasteiger partial charge in [-0.2, -0.15) is 4.98 Å². The van der Waals surface area contributed by atoms with Crippen LogP contribution in [-0.4, -0.2) is 19.5 Å². The predicted molar refractivity (Wildman–Crippen MR) is 76.3 cm³/mol. The quantitative estimate of drug-likeness (QED) is 0.421. The molecule has 0 aliphatic rings. The van der Waals surface area contributed by atoms with E-state index in [0.29, 0.717) is 23.4 Å². The molecule has 0 amide bonds. The van der Waals surface area contributed by atoms with E-state index in [1.807, 2.05) is 6.07 Å². The van der Waals surface area contributed by atoms with E-state index in [9.17, 15) is 4.91 Å². The largest absolute Gasteiger partial charge is 0.322 e. The Morgan fingerprint density at radius 2 is 2.10 bits per heavy atom. The number of hydrogen-bond donors (Lipinski definition) is 0. The number of imidazole rings is 1. The summed E-state index contributed by atoms with van der Waals surface area (Å²) in [6, 6.07) is 6.98. The molecule has 0 unspecified atom stereocenters. The molecule has 6 nitrogen and oxygen atoms in total. The highest BCUT2D eigenvalue weighted by Gasteiger charge is 2.11. The van der Waals surface area contributed by atoms with E-state index in [1.54, 1.807) is 29.1 Å². The molecular weight excluding hydrogens is 301 g/mol. The van der Waals surface area contributed by atoms with E-state index in [-0.39, 0.29) is 10.4 Å². The van der Waals surface area contributed by atoms with Crippen LogP contribution in [0.25, 0.3) is 11.2 Å². The van der Waals surface area contributed by atoms with Crippen LogP contribution in [0.4, 0.5) is 5.69 Å². The standard InChI is InChI=1S/C12H7Cl2N5O/c13-10-9-11(17-12(14)16-10)15-6-19(9)5-7-2-1-3-8(4-7)18-20/h1-4,6H,5H2. The second kappa shape index (κ2) is 5.15. The third-order valence-electron chi connectivity index (χ3n) is 2.77. The first-order valence-electron chi connectivity index (χ1n) is 5.63. The summed E-state index contributed by atoms with van der Waals surface area (Å²) in [5.74, 6) is 0. The third kappa shape index (κ3) is 2.35. The van der Waals surface area contributed by atoms with Crippen molar-refractivity contribution in [1.82, 2.24) is 19.5 Å². The summed E-state index contributed by atoms with van der Waals surface area (Å²) in [4.78, 5) is 22.6. The van der Waals surface area contributed by atoms with Gasteiger partial charge in [-0.05, 0) is 34.5 Å². The van der Waals surface area contributed by atoms with Gasteiger partial charge in [0.15, 0.2) is 10.8 Å². The van der Waals surface area contributed by atoms with Crippen molar-refractivity contribution in [2.75, 3.05) is 0 Å². The summed E-state index contributed by atoms with van der Waals surface area (Å²) in [6.07, 6.45) is 1.60. The SMILES string of the molecule is O=Nc1cccc(Cn2cnc3nc(Cl)nc(Cl)c32)c1. The maximum atomic E-state index is 10.5. The smallest absolute Gasteiger partial charge is 0.225 e. The fourth-order valence-corrected chi connectivity index (χ4v) is 2.42. The molecule has 0 spiro atoms. The minimum absolute atomic E-state index is 0.0555. The normalized spacial score (nSPS) is 10.9. The Bertz CT molecular complexity index is 802. The van der Waals surface area contributed by atoms with Gasteiger partial charge in [0.1, 0.15) is 11.2 Å². The number of rotatable bonds is 3. The summed E-state index contributed by atoms with van der Waals surface area (Å²) in [5, 5.41) is 3.20. The Kier molecular flexibility index (Phi) is 3.33. The lowest BCUT2D eigenvalue weighted by Crippen LogP contribution is -1.99. The Morgan fingerprint density at radius 1 is 1.25 bits per heavy atom. The number of aromatic nitrogens is 4. The molecule has 2 heterocycles. The number of halogens is 2. The van der Waals surface area contributed by atoms with E-state index in [0.717, 1.165) is 5.56 Å². The topological polar surface area (TPSA) is 73.0 Å². The molecule has 20 heavy (non-hydrogen) atoms. The fourth-order valence-electron chi connectivity index (χ4n) is 1.94. The Morgan fingerprint density at radius 3 is 2.90 bits per heavy atom. The van der Waals surface area contributed by atoms with E-state index < -0.39 is 0 Å². The number of hydrogen-bond acceptors (Lipinski definition) is 5. The third-order valence-corrected chi connectivity index (χ3v) is 3.20. The maximum Gasteiger partial charge on any atom is 0.225 e. The second-order valence-corrected chi connectivity index (χ2v) is 4.79. The van der Waals surface area contributed by atoms with Crippen molar-refractivity contribution in [2.45, 2.75) is 6.54 Å². The average Bonchev–Trinajstić information content (AvgIpc) is 2.82. The summed E-state index contributed by atoms with van der Waals surface area (Å²) < 4.78 is 1.79. The van der Waals surface area contributed by atoms with E-state index in [2.05, 4.69) is 20.1 Å². The zero-order chi connectivity index (χ0) is 14.1. The number of nitrogens with zero attached hydrogens (tertiary/aromatic N) is 5. The monoisotopic (exact) mass is 307 g/mol. The number of fused-ring (bicyclic) bond motifs is 1. The van der Waals surface area contributed by atoms with Gasteiger partial charge in [0.05, 0.1) is 6.33 Å². The minimum atomic E-state index is 0.0555. The first-order valence-corrected chi connectivity index (χ1v) is 6.39. The maximum absolute atomic E-state index is 10.5. The molecule has 0 aliphatic heterocycles. The Balaban J connectivity index is 2.04. The van der Waals surface area contributed by atoms with Crippen LogP contribution in [0.2, 0.25) is 10.4 Å². The van der Waals surface area contributed by atoms with Crippen LogP contribution < -0.4 is 0 Å². The highest BCUT2D eigenvalue weighted by molar-refractivity contribution is 6.35. The summed E-state index contributed by atoms with van der Waals surface area (Å²) in [6.45, 7) is 0.477. The molecular formula is C12H7Cl2N5O. The Hall–Kier alpha value is -2.05. The van der Waals surface area contributed by atoms with E-state index in [1.165, 1.54) is 0 Å². The van der Waals surface area contributed by atoms with Crippen LogP contribution in [0.15, 0.2) is 35.8 Å². The van der Waals surface area contributed by atoms with Crippen molar-refractivity contribution >= 4 is 40.1 Å². The van der Waals surface area contributed by atoms with Gasteiger partial charge in [-0.25, -0.2) is 9.97 Å². The van der Waals surface area contributed by atoms with Crippen LogP contribution in [0.1, 0.15) is 5.56 Å². The van der Waals surface area contributed by atoms with Gasteiger partial charge >= 0.3 is 0 Å². The average molecular weight is 308 g/mol. The van der Waals surface area contributed by atoms with Crippen molar-refractivity contribution in [3.63, 3.8) is 0 Å². The molecule has 0 saturated carbocycles. The van der Waals surface area contributed by atoms with Gasteiger partial charge in [0, 0.05) is 6.54 Å². The molecule has 0 aliphatic carbocycles. The molecule has 2 aromatic heterocycles. The van der Waals surface area contributed by atoms with Crippen molar-refractivity contribution in [3.8, 4) is 0 Å². The van der Waals surface area contributed by atoms with Gasteiger partial charge < -0.3 is 4.57 Å². The molecule has 0 atom stereocenters. The van der Waals surface area contributed by atoms with E-state index >= 15 is 0 Å². The van der Waals surface area contributed by atoms with Crippen molar-refractivity contribution in [3.05, 3.63) is 51.5 Å². The van der Waals surface area contributed by atoms with Crippen LogP contribution in [0.5, 0.6) is 0 Å². The molecule has 8 heteroatoms. The van der Waals surface area contributed by atoms with Crippen LogP contribution in [0, 0.1) is 4.91 Å². The summed E-state index contributed by atoms with van der Waals surface area (Å²) in [5.41, 5.74) is 2.30. The molecule has 100 valence electrons. The molecule has 3 rings (SSSR count). The molecule has 3 aromatic rings. The lowest BCUT2D eigenvalue weighted by molar-refractivity contribution is 0.823. The zero-order valence-electron chi connectivity index (χ0n) is 9.99. The molecule has 0 fully saturated rings. The molecule has 1 aromatic carbocycles. The first-order chi connectivity index (χ1) is 9.67. The lowest BCUT2D eigenvalue weighted by Gasteiger charge is -2.05. The van der Waals surface area contributed by atoms with Crippen LogP contribution >= 0.6 is 23.2 Å². The van der Waals surface area contributed by atoms with Gasteiger partial charge in [0.25, 0.3) is 0 Å². The lowest BCUT2D eigenvalue weighted by atomic mass is 10.2. The van der Waals surface area contributed by atoms with Gasteiger partial charge in [-0.1, -0.05) is 23.7 Å². The zero-order valence-corrected chi connectivity index (χ0v) is 11.5. The minimum Gasteiger partial charge on any atom is -0.322 e. The predicted octanol–water partition coefficient (Wildman–Crippen LogP) is 3.58. The van der Waals surface area contributed by atoms with Crippen LogP contribution in [-0.2, 0) is 6.54 Å². The summed E-state index contributed by atoms with van der Waals surface area (Å²) in [7, 11) is 0. The summed E-state index contributed by atoms with van der Waals surface area (Å²) >= 11 is 11.8. The highest BCUT2D eigenvalue weighted by atomic mass is 35.5. The first kappa shape index (κ1) is 13.0. The highest BCUT2D eigenvalue weighted by Crippen LogP contribution is 2.23. The Labute approximate surface area is 123 Å². The molecule has 0 bridgehead atoms. The van der Waals surface area contributed by atoms with Gasteiger partial charge in [-0.3, -0.25) is 0 Å². The number of benzene rings is 1. The van der Waals surface area contributed by atoms with Crippen LogP contribution in [0.3, 0.4) is 0 Å².